The van der Waals surface area contributed by atoms with Gasteiger partial charge < -0.3 is 20.6 Å². The highest BCUT2D eigenvalue weighted by Gasteiger charge is 2.31. The average molecular weight is 407 g/mol. The first-order valence-electron chi connectivity index (χ1n) is 10.1. The maximum atomic E-state index is 12.6. The van der Waals surface area contributed by atoms with Crippen LogP contribution in [0.4, 0.5) is 11.4 Å². The number of H-pyrrole nitrogens is 2. The summed E-state index contributed by atoms with van der Waals surface area (Å²) in [4.78, 5) is 28.5. The Morgan fingerprint density at radius 2 is 1.90 bits per heavy atom. The lowest BCUT2D eigenvalue weighted by Crippen LogP contribution is -2.47. The summed E-state index contributed by atoms with van der Waals surface area (Å²) in [7, 11) is 0. The number of hydrogen-bond donors (Lipinski definition) is 3. The number of fused-ring (bicyclic) bond motifs is 2. The van der Waals surface area contributed by atoms with Crippen LogP contribution in [0, 0.1) is 0 Å². The Labute approximate surface area is 171 Å². The summed E-state index contributed by atoms with van der Waals surface area (Å²) in [6, 6.07) is 8.98. The Kier molecular flexibility index (Phi) is 3.72. The number of pyridine rings is 1. The molecule has 3 aromatic heterocycles. The zero-order chi connectivity index (χ0) is 19.5. The number of nitrogens with one attached hydrogen (secondary N) is 2. The van der Waals surface area contributed by atoms with E-state index in [4.69, 9.17) is 5.73 Å². The standard InChI is InChI=1S/C21H22N6OS/c22-18-17(21(28)25-15-5-10-29-19(15)18)20-23-14-4-3-13(11-16(14)24-20)27-8-6-26(7-9-27)12-1-2-12/h3-5,10-12H,1-2,6-9H2,(H,23,24)(H3,22,25,28). The van der Waals surface area contributed by atoms with E-state index in [-0.39, 0.29) is 5.56 Å². The van der Waals surface area contributed by atoms with Gasteiger partial charge in [0.2, 0.25) is 0 Å². The molecule has 1 aliphatic heterocycles. The molecule has 4 heterocycles. The SMILES string of the molecule is Nc1c(-c2nc3ccc(N4CCN(C5CC5)CC4)cc3[nH]2)c(=O)[nH]c2ccsc12. The molecule has 0 radical (unpaired) electrons. The number of piperazine rings is 1. The zero-order valence-electron chi connectivity index (χ0n) is 15.9. The predicted molar refractivity (Wildman–Crippen MR) is 119 cm³/mol. The van der Waals surface area contributed by atoms with Crippen molar-refractivity contribution in [1.82, 2.24) is 19.9 Å². The van der Waals surface area contributed by atoms with E-state index in [2.05, 4.69) is 36.9 Å². The third-order valence-corrected chi connectivity index (χ3v) is 7.05. The summed E-state index contributed by atoms with van der Waals surface area (Å²) in [6.07, 6.45) is 2.73. The van der Waals surface area contributed by atoms with Crippen molar-refractivity contribution in [2.45, 2.75) is 18.9 Å². The van der Waals surface area contributed by atoms with E-state index in [1.54, 1.807) is 0 Å². The third kappa shape index (κ3) is 2.82. The summed E-state index contributed by atoms with van der Waals surface area (Å²) in [6.45, 7) is 4.35. The van der Waals surface area contributed by atoms with Gasteiger partial charge in [0.05, 0.1) is 26.9 Å². The molecule has 2 aliphatic rings. The number of benzene rings is 1. The van der Waals surface area contributed by atoms with Crippen LogP contribution in [0.1, 0.15) is 12.8 Å². The lowest BCUT2D eigenvalue weighted by Gasteiger charge is -2.36. The molecule has 2 fully saturated rings. The molecule has 6 rings (SSSR count). The second-order valence-electron chi connectivity index (χ2n) is 7.95. The Bertz CT molecular complexity index is 1280. The van der Waals surface area contributed by atoms with Gasteiger partial charge in [0.15, 0.2) is 0 Å². The van der Waals surface area contributed by atoms with Crippen LogP contribution in [0.5, 0.6) is 0 Å². The van der Waals surface area contributed by atoms with E-state index >= 15 is 0 Å². The van der Waals surface area contributed by atoms with Crippen LogP contribution in [0.15, 0.2) is 34.4 Å². The quantitative estimate of drug-likeness (QED) is 0.486. The number of anilines is 2. The number of nitrogens with zero attached hydrogens (tertiary/aromatic N) is 3. The fraction of sp³-hybridized carbons (Fsp3) is 0.333. The molecule has 0 unspecified atom stereocenters. The van der Waals surface area contributed by atoms with Gasteiger partial charge in [-0.05, 0) is 42.5 Å². The summed E-state index contributed by atoms with van der Waals surface area (Å²) < 4.78 is 0.884. The van der Waals surface area contributed by atoms with Gasteiger partial charge in [-0.25, -0.2) is 4.98 Å². The number of aromatic amines is 2. The number of thiophene rings is 1. The van der Waals surface area contributed by atoms with Crippen LogP contribution in [0.25, 0.3) is 32.6 Å². The Balaban J connectivity index is 1.35. The van der Waals surface area contributed by atoms with Crippen LogP contribution in [0.2, 0.25) is 0 Å². The first kappa shape index (κ1) is 17.1. The molecular formula is C21H22N6OS. The van der Waals surface area contributed by atoms with E-state index in [1.807, 2.05) is 17.5 Å². The van der Waals surface area contributed by atoms with Crippen LogP contribution in [-0.4, -0.2) is 52.1 Å². The average Bonchev–Trinajstić information content (AvgIpc) is 3.32. The first-order chi connectivity index (χ1) is 14.2. The van der Waals surface area contributed by atoms with Crippen molar-refractivity contribution in [3.63, 3.8) is 0 Å². The Morgan fingerprint density at radius 3 is 2.69 bits per heavy atom. The molecule has 0 spiro atoms. The molecule has 1 aliphatic carbocycles. The smallest absolute Gasteiger partial charge is 0.261 e. The highest BCUT2D eigenvalue weighted by Crippen LogP contribution is 2.32. The minimum absolute atomic E-state index is 0.219. The van der Waals surface area contributed by atoms with E-state index < -0.39 is 0 Å². The Hall–Kier alpha value is -2.84. The molecule has 0 bridgehead atoms. The highest BCUT2D eigenvalue weighted by molar-refractivity contribution is 7.17. The fourth-order valence-electron chi connectivity index (χ4n) is 4.37. The van der Waals surface area contributed by atoms with Gasteiger partial charge in [-0.2, -0.15) is 0 Å². The number of nitrogens with two attached hydrogens (primary N) is 1. The lowest BCUT2D eigenvalue weighted by molar-refractivity contribution is 0.248. The third-order valence-electron chi connectivity index (χ3n) is 6.10. The molecule has 4 aromatic rings. The summed E-state index contributed by atoms with van der Waals surface area (Å²) >= 11 is 1.52. The lowest BCUT2D eigenvalue weighted by atomic mass is 10.2. The van der Waals surface area contributed by atoms with Gasteiger partial charge in [0.25, 0.3) is 5.56 Å². The van der Waals surface area contributed by atoms with Crippen molar-refractivity contribution in [1.29, 1.82) is 0 Å². The minimum Gasteiger partial charge on any atom is -0.397 e. The molecule has 7 nitrogen and oxygen atoms in total. The van der Waals surface area contributed by atoms with Crippen molar-refractivity contribution in [3.05, 3.63) is 40.0 Å². The molecule has 1 saturated carbocycles. The topological polar surface area (TPSA) is 94.0 Å². The molecule has 8 heteroatoms. The number of nitrogen functional groups attached to an aromatic ring is 1. The van der Waals surface area contributed by atoms with Gasteiger partial charge in [-0.1, -0.05) is 0 Å². The van der Waals surface area contributed by atoms with E-state index in [0.717, 1.165) is 53.5 Å². The van der Waals surface area contributed by atoms with Crippen LogP contribution < -0.4 is 16.2 Å². The van der Waals surface area contributed by atoms with Gasteiger partial charge in [-0.3, -0.25) is 9.69 Å². The summed E-state index contributed by atoms with van der Waals surface area (Å²) in [5, 5.41) is 1.93. The normalized spacial score (nSPS) is 18.1. The Morgan fingerprint density at radius 1 is 1.07 bits per heavy atom. The summed E-state index contributed by atoms with van der Waals surface area (Å²) in [5.74, 6) is 0.518. The molecule has 148 valence electrons. The van der Waals surface area contributed by atoms with Gasteiger partial charge in [-0.15, -0.1) is 11.3 Å². The number of rotatable bonds is 3. The summed E-state index contributed by atoms with van der Waals surface area (Å²) in [5.41, 5.74) is 10.7. The molecule has 1 saturated heterocycles. The van der Waals surface area contributed by atoms with Crippen molar-refractivity contribution >= 4 is 44.0 Å². The number of hydrogen-bond acceptors (Lipinski definition) is 6. The molecule has 0 atom stereocenters. The molecular weight excluding hydrogens is 384 g/mol. The van der Waals surface area contributed by atoms with Crippen LogP contribution in [0.3, 0.4) is 0 Å². The second kappa shape index (κ2) is 6.33. The predicted octanol–water partition coefficient (Wildman–Crippen LogP) is 3.00. The molecule has 4 N–H and O–H groups in total. The maximum absolute atomic E-state index is 12.6. The van der Waals surface area contributed by atoms with Crippen LogP contribution >= 0.6 is 11.3 Å². The van der Waals surface area contributed by atoms with E-state index in [9.17, 15) is 4.79 Å². The zero-order valence-corrected chi connectivity index (χ0v) is 16.8. The van der Waals surface area contributed by atoms with Crippen molar-refractivity contribution < 1.29 is 0 Å². The van der Waals surface area contributed by atoms with Crippen molar-refractivity contribution in [3.8, 4) is 11.4 Å². The highest BCUT2D eigenvalue weighted by atomic mass is 32.1. The molecule has 29 heavy (non-hydrogen) atoms. The molecule has 1 aromatic carbocycles. The van der Waals surface area contributed by atoms with Crippen LogP contribution in [-0.2, 0) is 0 Å². The van der Waals surface area contributed by atoms with E-state index in [0.29, 0.717) is 17.1 Å². The largest absolute Gasteiger partial charge is 0.397 e. The minimum atomic E-state index is -0.219. The van der Waals surface area contributed by atoms with Gasteiger partial charge >= 0.3 is 0 Å². The fourth-order valence-corrected chi connectivity index (χ4v) is 5.18. The number of aromatic nitrogens is 3. The molecule has 0 amide bonds. The van der Waals surface area contributed by atoms with Gasteiger partial charge in [0.1, 0.15) is 11.4 Å². The first-order valence-corrected chi connectivity index (χ1v) is 10.9. The van der Waals surface area contributed by atoms with Crippen molar-refractivity contribution in [2.24, 2.45) is 0 Å². The van der Waals surface area contributed by atoms with Crippen molar-refractivity contribution in [2.75, 3.05) is 36.8 Å². The van der Waals surface area contributed by atoms with E-state index in [1.165, 1.54) is 29.9 Å². The second-order valence-corrected chi connectivity index (χ2v) is 8.86. The maximum Gasteiger partial charge on any atom is 0.261 e. The monoisotopic (exact) mass is 406 g/mol. The number of imidazole rings is 1. The van der Waals surface area contributed by atoms with Gasteiger partial charge in [0, 0.05) is 37.9 Å².